The molecule has 70 valence electrons. The Bertz CT molecular complexity index is 163. The van der Waals surface area contributed by atoms with Crippen LogP contribution in [0.5, 0.6) is 0 Å². The SMILES string of the molecule is O=C(CCCCl)N1CC[C@H](O)C1. The van der Waals surface area contributed by atoms with Crippen LogP contribution >= 0.6 is 11.6 Å². The Morgan fingerprint density at radius 1 is 1.67 bits per heavy atom. The Hall–Kier alpha value is -0.280. The van der Waals surface area contributed by atoms with Crippen molar-refractivity contribution in [2.75, 3.05) is 19.0 Å². The van der Waals surface area contributed by atoms with Crippen LogP contribution in [-0.2, 0) is 4.79 Å². The van der Waals surface area contributed by atoms with E-state index in [0.29, 0.717) is 31.8 Å². The van der Waals surface area contributed by atoms with E-state index in [1.165, 1.54) is 0 Å². The van der Waals surface area contributed by atoms with E-state index in [1.54, 1.807) is 4.90 Å². The molecule has 4 heteroatoms. The van der Waals surface area contributed by atoms with Gasteiger partial charge in [-0.1, -0.05) is 0 Å². The molecule has 0 saturated carbocycles. The van der Waals surface area contributed by atoms with Gasteiger partial charge >= 0.3 is 0 Å². The first kappa shape index (κ1) is 9.81. The predicted molar refractivity (Wildman–Crippen MR) is 47.2 cm³/mol. The minimum atomic E-state index is -0.315. The van der Waals surface area contributed by atoms with E-state index >= 15 is 0 Å². The highest BCUT2D eigenvalue weighted by Crippen LogP contribution is 2.10. The Labute approximate surface area is 77.3 Å². The monoisotopic (exact) mass is 191 g/mol. The lowest BCUT2D eigenvalue weighted by Gasteiger charge is -2.14. The largest absolute Gasteiger partial charge is 0.391 e. The molecule has 1 aliphatic rings. The number of aliphatic hydroxyl groups excluding tert-OH is 1. The number of alkyl halides is 1. The molecule has 3 nitrogen and oxygen atoms in total. The molecule has 0 aromatic carbocycles. The van der Waals surface area contributed by atoms with Gasteiger partial charge in [-0.25, -0.2) is 0 Å². The molecule has 0 unspecified atom stereocenters. The van der Waals surface area contributed by atoms with Gasteiger partial charge in [-0.15, -0.1) is 11.6 Å². The smallest absolute Gasteiger partial charge is 0.222 e. The van der Waals surface area contributed by atoms with Crippen LogP contribution in [0, 0.1) is 0 Å². The molecule has 0 aromatic rings. The average Bonchev–Trinajstić information content (AvgIpc) is 2.47. The summed E-state index contributed by atoms with van der Waals surface area (Å²) in [5, 5.41) is 9.15. The van der Waals surface area contributed by atoms with Crippen molar-refractivity contribution in [1.82, 2.24) is 4.90 Å². The fraction of sp³-hybridized carbons (Fsp3) is 0.875. The molecular formula is C8H14ClNO2. The summed E-state index contributed by atoms with van der Waals surface area (Å²) in [6.07, 6.45) is 1.64. The molecule has 0 spiro atoms. The average molecular weight is 192 g/mol. The van der Waals surface area contributed by atoms with Gasteiger partial charge in [0.25, 0.3) is 0 Å². The van der Waals surface area contributed by atoms with E-state index in [0.717, 1.165) is 6.42 Å². The number of rotatable bonds is 3. The third-order valence-electron chi connectivity index (χ3n) is 2.04. The van der Waals surface area contributed by atoms with Gasteiger partial charge in [0.1, 0.15) is 0 Å². The first-order valence-electron chi connectivity index (χ1n) is 4.26. The van der Waals surface area contributed by atoms with E-state index < -0.39 is 0 Å². The lowest BCUT2D eigenvalue weighted by molar-refractivity contribution is -0.130. The van der Waals surface area contributed by atoms with E-state index in [2.05, 4.69) is 0 Å². The Morgan fingerprint density at radius 3 is 2.92 bits per heavy atom. The molecule has 1 amide bonds. The summed E-state index contributed by atoms with van der Waals surface area (Å²) in [5.74, 6) is 0.648. The summed E-state index contributed by atoms with van der Waals surface area (Å²) in [5.41, 5.74) is 0. The third-order valence-corrected chi connectivity index (χ3v) is 2.31. The van der Waals surface area contributed by atoms with E-state index in [4.69, 9.17) is 16.7 Å². The van der Waals surface area contributed by atoms with Crippen molar-refractivity contribution in [3.05, 3.63) is 0 Å². The number of likely N-dealkylation sites (tertiary alicyclic amines) is 1. The molecule has 1 rings (SSSR count). The second-order valence-corrected chi connectivity index (χ2v) is 3.45. The van der Waals surface area contributed by atoms with Crippen molar-refractivity contribution >= 4 is 17.5 Å². The lowest BCUT2D eigenvalue weighted by Crippen LogP contribution is -2.29. The number of carbonyl (C=O) groups is 1. The maximum absolute atomic E-state index is 11.3. The first-order chi connectivity index (χ1) is 5.74. The van der Waals surface area contributed by atoms with Gasteiger partial charge in [0.05, 0.1) is 6.10 Å². The Kier molecular flexibility index (Phi) is 3.82. The summed E-state index contributed by atoms with van der Waals surface area (Å²) in [6, 6.07) is 0. The van der Waals surface area contributed by atoms with Gasteiger partial charge < -0.3 is 10.0 Å². The fourth-order valence-corrected chi connectivity index (χ4v) is 1.48. The third kappa shape index (κ3) is 2.64. The summed E-state index contributed by atoms with van der Waals surface area (Å²) < 4.78 is 0. The van der Waals surface area contributed by atoms with Gasteiger partial charge in [-0.05, 0) is 12.8 Å². The van der Waals surface area contributed by atoms with Crippen LogP contribution in [0.2, 0.25) is 0 Å². The molecule has 0 aromatic heterocycles. The number of β-amino-alcohol motifs (C(OH)–C–C–N with tert-alkyl or cyclic N) is 1. The molecule has 1 aliphatic heterocycles. The number of carbonyl (C=O) groups excluding carboxylic acids is 1. The van der Waals surface area contributed by atoms with Gasteiger partial charge in [-0.3, -0.25) is 4.79 Å². The van der Waals surface area contributed by atoms with Crippen molar-refractivity contribution < 1.29 is 9.90 Å². The van der Waals surface area contributed by atoms with Gasteiger partial charge in [0.15, 0.2) is 0 Å². The maximum Gasteiger partial charge on any atom is 0.222 e. The number of hydrogen-bond acceptors (Lipinski definition) is 2. The van der Waals surface area contributed by atoms with Gasteiger partial charge in [0.2, 0.25) is 5.91 Å². The zero-order valence-corrected chi connectivity index (χ0v) is 7.76. The number of hydrogen-bond donors (Lipinski definition) is 1. The van der Waals surface area contributed by atoms with Crippen molar-refractivity contribution in [3.63, 3.8) is 0 Å². The van der Waals surface area contributed by atoms with Crippen LogP contribution in [0.3, 0.4) is 0 Å². The molecule has 1 atom stereocenters. The van der Waals surface area contributed by atoms with E-state index in [1.807, 2.05) is 0 Å². The van der Waals surface area contributed by atoms with Crippen molar-refractivity contribution in [2.24, 2.45) is 0 Å². The molecular weight excluding hydrogens is 178 g/mol. The van der Waals surface area contributed by atoms with Crippen molar-refractivity contribution in [1.29, 1.82) is 0 Å². The van der Waals surface area contributed by atoms with Crippen molar-refractivity contribution in [2.45, 2.75) is 25.4 Å². The number of aliphatic hydroxyl groups is 1. The van der Waals surface area contributed by atoms with Crippen LogP contribution in [0.1, 0.15) is 19.3 Å². The normalized spacial score (nSPS) is 23.2. The highest BCUT2D eigenvalue weighted by Gasteiger charge is 2.23. The van der Waals surface area contributed by atoms with Gasteiger partial charge in [-0.2, -0.15) is 0 Å². The Balaban J connectivity index is 2.23. The van der Waals surface area contributed by atoms with E-state index in [9.17, 15) is 4.79 Å². The van der Waals surface area contributed by atoms with Crippen LogP contribution in [0.4, 0.5) is 0 Å². The summed E-state index contributed by atoms with van der Waals surface area (Å²) in [6.45, 7) is 1.20. The highest BCUT2D eigenvalue weighted by molar-refractivity contribution is 6.17. The predicted octanol–water partition coefficient (Wildman–Crippen LogP) is 0.599. The van der Waals surface area contributed by atoms with E-state index in [-0.39, 0.29) is 12.0 Å². The summed E-state index contributed by atoms with van der Waals surface area (Å²) in [7, 11) is 0. The Morgan fingerprint density at radius 2 is 2.42 bits per heavy atom. The highest BCUT2D eigenvalue weighted by atomic mass is 35.5. The standard InChI is InChI=1S/C8H14ClNO2/c9-4-1-2-8(12)10-5-3-7(11)6-10/h7,11H,1-6H2/t7-/m0/s1. The quantitative estimate of drug-likeness (QED) is 0.664. The number of halogens is 1. The molecule has 1 fully saturated rings. The minimum Gasteiger partial charge on any atom is -0.391 e. The second-order valence-electron chi connectivity index (χ2n) is 3.07. The number of amides is 1. The molecule has 12 heavy (non-hydrogen) atoms. The van der Waals surface area contributed by atoms with Crippen molar-refractivity contribution in [3.8, 4) is 0 Å². The maximum atomic E-state index is 11.3. The first-order valence-corrected chi connectivity index (χ1v) is 4.79. The topological polar surface area (TPSA) is 40.5 Å². The summed E-state index contributed by atoms with van der Waals surface area (Å²) in [4.78, 5) is 13.0. The van der Waals surface area contributed by atoms with Crippen LogP contribution in [0.25, 0.3) is 0 Å². The van der Waals surface area contributed by atoms with Gasteiger partial charge in [0, 0.05) is 25.4 Å². The molecule has 0 aliphatic carbocycles. The van der Waals surface area contributed by atoms with Crippen LogP contribution in [0.15, 0.2) is 0 Å². The van der Waals surface area contributed by atoms with Crippen LogP contribution < -0.4 is 0 Å². The number of nitrogens with zero attached hydrogens (tertiary/aromatic N) is 1. The molecule has 1 saturated heterocycles. The molecule has 0 radical (unpaired) electrons. The minimum absolute atomic E-state index is 0.118. The lowest BCUT2D eigenvalue weighted by atomic mass is 10.3. The molecule has 1 N–H and O–H groups in total. The zero-order chi connectivity index (χ0) is 8.97. The second kappa shape index (κ2) is 4.67. The van der Waals surface area contributed by atoms with Crippen LogP contribution in [-0.4, -0.2) is 41.0 Å². The fourth-order valence-electron chi connectivity index (χ4n) is 1.34. The molecule has 0 bridgehead atoms. The summed E-state index contributed by atoms with van der Waals surface area (Å²) >= 11 is 5.46. The molecule has 1 heterocycles. The zero-order valence-electron chi connectivity index (χ0n) is 7.00.